The van der Waals surface area contributed by atoms with Gasteiger partial charge in [0.15, 0.2) is 17.3 Å². The van der Waals surface area contributed by atoms with Crippen molar-refractivity contribution in [1.29, 1.82) is 0 Å². The van der Waals surface area contributed by atoms with E-state index in [4.69, 9.17) is 13.9 Å². The van der Waals surface area contributed by atoms with Crippen LogP contribution in [0.2, 0.25) is 0 Å². The monoisotopic (exact) mass is 483 g/mol. The number of H-pyrrole nitrogens is 1. The number of nitrogens with zero attached hydrogens (tertiary/aromatic N) is 3. The van der Waals surface area contributed by atoms with Crippen molar-refractivity contribution in [2.24, 2.45) is 0 Å². The molecule has 0 aliphatic carbocycles. The summed E-state index contributed by atoms with van der Waals surface area (Å²) in [4.78, 5) is 32.9. The molecule has 2 N–H and O–H groups in total. The first-order chi connectivity index (χ1) is 17.6. The lowest BCUT2D eigenvalue weighted by atomic mass is 10.1. The number of amides is 1. The van der Waals surface area contributed by atoms with E-state index in [-0.39, 0.29) is 17.3 Å². The number of aromatic amines is 1. The summed E-state index contributed by atoms with van der Waals surface area (Å²) in [6.45, 7) is 0. The predicted molar refractivity (Wildman–Crippen MR) is 133 cm³/mol. The van der Waals surface area contributed by atoms with Crippen molar-refractivity contribution in [3.63, 3.8) is 0 Å². The zero-order chi connectivity index (χ0) is 25.1. The van der Waals surface area contributed by atoms with Crippen LogP contribution in [0.5, 0.6) is 11.5 Å². The topological polar surface area (TPSA) is 124 Å². The van der Waals surface area contributed by atoms with E-state index < -0.39 is 5.91 Å². The lowest BCUT2D eigenvalue weighted by Gasteiger charge is -2.11. The minimum atomic E-state index is -0.426. The Kier molecular flexibility index (Phi) is 6.06. The molecule has 0 fully saturated rings. The largest absolute Gasteiger partial charge is 0.493 e. The van der Waals surface area contributed by atoms with Gasteiger partial charge in [0.2, 0.25) is 5.95 Å². The summed E-state index contributed by atoms with van der Waals surface area (Å²) in [6.07, 6.45) is 1.52. The summed E-state index contributed by atoms with van der Waals surface area (Å²) in [5.41, 5.74) is 1.63. The van der Waals surface area contributed by atoms with Crippen LogP contribution in [0.3, 0.4) is 0 Å². The van der Waals surface area contributed by atoms with Crippen molar-refractivity contribution in [2.45, 2.75) is 0 Å². The zero-order valence-corrected chi connectivity index (χ0v) is 19.4. The summed E-state index contributed by atoms with van der Waals surface area (Å²) >= 11 is 0. The number of hydrogen-bond donors (Lipinski definition) is 2. The van der Waals surface area contributed by atoms with Gasteiger partial charge in [-0.3, -0.25) is 14.6 Å². The molecule has 3 heterocycles. The Bertz CT molecular complexity index is 1570. The normalized spacial score (nSPS) is 10.7. The number of carbonyl (C=O) groups is 1. The van der Waals surface area contributed by atoms with Gasteiger partial charge in [-0.1, -0.05) is 30.3 Å². The van der Waals surface area contributed by atoms with E-state index in [1.165, 1.54) is 31.2 Å². The predicted octanol–water partition coefficient (Wildman–Crippen LogP) is 4.15. The molecule has 5 aromatic rings. The van der Waals surface area contributed by atoms with E-state index in [0.717, 1.165) is 5.56 Å². The molecule has 3 aromatic heterocycles. The maximum absolute atomic E-state index is 13.2. The molecule has 0 saturated heterocycles. The molecule has 0 unspecified atom stereocenters. The summed E-state index contributed by atoms with van der Waals surface area (Å²) in [7, 11) is 3.01. The molecule has 0 aliphatic heterocycles. The van der Waals surface area contributed by atoms with Gasteiger partial charge in [0, 0.05) is 23.3 Å². The van der Waals surface area contributed by atoms with Crippen LogP contribution in [0.1, 0.15) is 10.4 Å². The Hall–Kier alpha value is -5.12. The molecule has 0 aliphatic rings. The summed E-state index contributed by atoms with van der Waals surface area (Å²) < 4.78 is 17.4. The number of ether oxygens (including phenoxy) is 2. The fraction of sp³-hybridized carbons (Fsp3) is 0.0769. The fourth-order valence-electron chi connectivity index (χ4n) is 3.64. The highest BCUT2D eigenvalue weighted by atomic mass is 16.5. The van der Waals surface area contributed by atoms with Crippen LogP contribution in [0.25, 0.3) is 28.7 Å². The Labute approximate surface area is 205 Å². The van der Waals surface area contributed by atoms with Crippen LogP contribution in [-0.4, -0.2) is 39.9 Å². The van der Waals surface area contributed by atoms with Gasteiger partial charge in [-0.05, 0) is 30.3 Å². The van der Waals surface area contributed by atoms with Gasteiger partial charge in [-0.2, -0.15) is 9.78 Å². The molecule has 180 valence electrons. The first kappa shape index (κ1) is 22.7. The number of methoxy groups -OCH3 is 2. The standard InChI is InChI=1S/C26H21N5O5/c1-34-21-11-10-17(13-22(21)35-2)25(33)28-23-14-19(20-9-6-12-36-20)30-31(23)26-27-18(15-24(32)29-26)16-7-4-3-5-8-16/h3-15H,1-2H3,(H,28,33)(H,27,29,32). The Balaban J connectivity index is 1.57. The molecule has 36 heavy (non-hydrogen) atoms. The van der Waals surface area contributed by atoms with E-state index in [1.54, 1.807) is 36.4 Å². The van der Waals surface area contributed by atoms with Gasteiger partial charge in [-0.25, -0.2) is 4.98 Å². The number of anilines is 1. The van der Waals surface area contributed by atoms with Gasteiger partial charge in [0.25, 0.3) is 11.5 Å². The van der Waals surface area contributed by atoms with E-state index in [1.807, 2.05) is 30.3 Å². The lowest BCUT2D eigenvalue weighted by molar-refractivity contribution is 0.102. The van der Waals surface area contributed by atoms with E-state index >= 15 is 0 Å². The maximum Gasteiger partial charge on any atom is 0.256 e. The minimum Gasteiger partial charge on any atom is -0.493 e. The van der Waals surface area contributed by atoms with Crippen molar-refractivity contribution in [2.75, 3.05) is 19.5 Å². The third-order valence-corrected chi connectivity index (χ3v) is 5.37. The average molecular weight is 483 g/mol. The number of hydrogen-bond acceptors (Lipinski definition) is 7. The quantitative estimate of drug-likeness (QED) is 0.356. The third kappa shape index (κ3) is 4.47. The van der Waals surface area contributed by atoms with Crippen molar-refractivity contribution in [1.82, 2.24) is 19.7 Å². The second-order valence-corrected chi connectivity index (χ2v) is 7.65. The molecule has 10 heteroatoms. The van der Waals surface area contributed by atoms with Crippen LogP contribution < -0.4 is 20.3 Å². The fourth-order valence-corrected chi connectivity index (χ4v) is 3.64. The third-order valence-electron chi connectivity index (χ3n) is 5.37. The molecule has 0 spiro atoms. The lowest BCUT2D eigenvalue weighted by Crippen LogP contribution is -2.19. The van der Waals surface area contributed by atoms with Gasteiger partial charge in [-0.15, -0.1) is 0 Å². The van der Waals surface area contributed by atoms with Crippen LogP contribution in [0.4, 0.5) is 5.82 Å². The van der Waals surface area contributed by atoms with Crippen LogP contribution in [0.15, 0.2) is 88.3 Å². The molecule has 0 bridgehead atoms. The number of carbonyl (C=O) groups excluding carboxylic acids is 1. The summed E-state index contributed by atoms with van der Waals surface area (Å²) in [5, 5.41) is 7.37. The molecule has 10 nitrogen and oxygen atoms in total. The second-order valence-electron chi connectivity index (χ2n) is 7.65. The molecular weight excluding hydrogens is 462 g/mol. The Morgan fingerprint density at radius 1 is 0.944 bits per heavy atom. The molecule has 0 atom stereocenters. The number of furan rings is 1. The van der Waals surface area contributed by atoms with E-state index in [0.29, 0.717) is 34.2 Å². The number of rotatable bonds is 7. The molecule has 1 amide bonds. The minimum absolute atomic E-state index is 0.127. The van der Waals surface area contributed by atoms with Crippen molar-refractivity contribution in [3.8, 4) is 40.2 Å². The number of nitrogens with one attached hydrogen (secondary N) is 2. The van der Waals surface area contributed by atoms with Crippen molar-refractivity contribution < 1.29 is 18.7 Å². The van der Waals surface area contributed by atoms with E-state index in [9.17, 15) is 9.59 Å². The van der Waals surface area contributed by atoms with Crippen LogP contribution in [0, 0.1) is 0 Å². The van der Waals surface area contributed by atoms with Crippen molar-refractivity contribution in [3.05, 3.63) is 95.0 Å². The van der Waals surface area contributed by atoms with Crippen LogP contribution >= 0.6 is 0 Å². The molecular formula is C26H21N5O5. The van der Waals surface area contributed by atoms with Gasteiger partial charge in [0.05, 0.1) is 26.2 Å². The Morgan fingerprint density at radius 3 is 2.47 bits per heavy atom. The highest BCUT2D eigenvalue weighted by Gasteiger charge is 2.19. The summed E-state index contributed by atoms with van der Waals surface area (Å²) in [5.74, 6) is 1.37. The average Bonchev–Trinajstić information content (AvgIpc) is 3.59. The number of aromatic nitrogens is 4. The first-order valence-corrected chi connectivity index (χ1v) is 10.9. The van der Waals surface area contributed by atoms with Gasteiger partial charge in [0.1, 0.15) is 11.5 Å². The molecule has 0 radical (unpaired) electrons. The van der Waals surface area contributed by atoms with E-state index in [2.05, 4.69) is 20.4 Å². The molecule has 2 aromatic carbocycles. The highest BCUT2D eigenvalue weighted by molar-refractivity contribution is 6.04. The smallest absolute Gasteiger partial charge is 0.256 e. The first-order valence-electron chi connectivity index (χ1n) is 10.9. The van der Waals surface area contributed by atoms with Crippen molar-refractivity contribution >= 4 is 11.7 Å². The summed E-state index contributed by atoms with van der Waals surface area (Å²) in [6, 6.07) is 20.6. The Morgan fingerprint density at radius 2 is 1.75 bits per heavy atom. The zero-order valence-electron chi connectivity index (χ0n) is 19.4. The maximum atomic E-state index is 13.2. The van der Waals surface area contributed by atoms with Gasteiger partial charge >= 0.3 is 0 Å². The SMILES string of the molecule is COc1ccc(C(=O)Nc2cc(-c3ccco3)nn2-c2nc(-c3ccccc3)cc(=O)[nH]2)cc1OC. The van der Waals surface area contributed by atoms with Crippen LogP contribution in [-0.2, 0) is 0 Å². The molecule has 5 rings (SSSR count). The molecule has 0 saturated carbocycles. The highest BCUT2D eigenvalue weighted by Crippen LogP contribution is 2.29. The number of benzene rings is 2. The second kappa shape index (κ2) is 9.63. The van der Waals surface area contributed by atoms with Gasteiger partial charge < -0.3 is 19.2 Å².